The van der Waals surface area contributed by atoms with Crippen LogP contribution in [0.25, 0.3) is 11.4 Å². The SMILES string of the molecule is Cc1ccc(NC(=O)N2CCC[C@H]2c2nc(-c3cccc(F)c3)no2)c(C)c1. The van der Waals surface area contributed by atoms with Crippen molar-refractivity contribution in [1.29, 1.82) is 0 Å². The number of rotatable bonds is 3. The first kappa shape index (κ1) is 18.2. The average molecular weight is 380 g/mol. The van der Waals surface area contributed by atoms with Crippen molar-refractivity contribution in [2.45, 2.75) is 32.7 Å². The van der Waals surface area contributed by atoms with E-state index in [0.717, 1.165) is 29.7 Å². The molecule has 1 N–H and O–H groups in total. The third-order valence-electron chi connectivity index (χ3n) is 4.95. The molecule has 0 bridgehead atoms. The Morgan fingerprint density at radius 3 is 2.89 bits per heavy atom. The maximum absolute atomic E-state index is 13.4. The van der Waals surface area contributed by atoms with Crippen molar-refractivity contribution in [2.24, 2.45) is 0 Å². The lowest BCUT2D eigenvalue weighted by Gasteiger charge is -2.22. The van der Waals surface area contributed by atoms with Crippen molar-refractivity contribution in [2.75, 3.05) is 11.9 Å². The fourth-order valence-electron chi connectivity index (χ4n) is 3.52. The summed E-state index contributed by atoms with van der Waals surface area (Å²) in [4.78, 5) is 18.9. The molecule has 28 heavy (non-hydrogen) atoms. The molecule has 1 atom stereocenters. The number of amides is 2. The summed E-state index contributed by atoms with van der Waals surface area (Å²) in [5.41, 5.74) is 3.48. The van der Waals surface area contributed by atoms with Gasteiger partial charge in [0.25, 0.3) is 0 Å². The van der Waals surface area contributed by atoms with Gasteiger partial charge in [-0.3, -0.25) is 0 Å². The van der Waals surface area contributed by atoms with Crippen LogP contribution in [-0.4, -0.2) is 27.6 Å². The first-order chi connectivity index (χ1) is 13.5. The van der Waals surface area contributed by atoms with Gasteiger partial charge in [0, 0.05) is 17.8 Å². The zero-order valence-electron chi connectivity index (χ0n) is 15.8. The average Bonchev–Trinajstić information content (AvgIpc) is 3.33. The minimum atomic E-state index is -0.362. The molecule has 4 rings (SSSR count). The van der Waals surface area contributed by atoms with E-state index in [1.807, 2.05) is 32.0 Å². The van der Waals surface area contributed by atoms with Crippen LogP contribution in [0.4, 0.5) is 14.9 Å². The van der Waals surface area contributed by atoms with Gasteiger partial charge in [0.05, 0.1) is 0 Å². The van der Waals surface area contributed by atoms with Crippen molar-refractivity contribution in [1.82, 2.24) is 15.0 Å². The molecule has 0 radical (unpaired) electrons. The van der Waals surface area contributed by atoms with Crippen molar-refractivity contribution in [3.63, 3.8) is 0 Å². The number of aromatic nitrogens is 2. The molecule has 0 unspecified atom stereocenters. The third kappa shape index (κ3) is 3.60. The van der Waals surface area contributed by atoms with Gasteiger partial charge in [-0.15, -0.1) is 0 Å². The third-order valence-corrected chi connectivity index (χ3v) is 4.95. The van der Waals surface area contributed by atoms with E-state index in [-0.39, 0.29) is 17.9 Å². The van der Waals surface area contributed by atoms with E-state index in [1.165, 1.54) is 12.1 Å². The molecule has 1 aromatic heterocycles. The number of anilines is 1. The molecule has 3 aromatic rings. The molecule has 1 aliphatic heterocycles. The van der Waals surface area contributed by atoms with Crippen LogP contribution in [0.15, 0.2) is 47.0 Å². The molecule has 1 aliphatic rings. The van der Waals surface area contributed by atoms with Crippen LogP contribution in [0.2, 0.25) is 0 Å². The molecular weight excluding hydrogens is 359 g/mol. The van der Waals surface area contributed by atoms with Crippen LogP contribution in [0.3, 0.4) is 0 Å². The molecule has 7 heteroatoms. The minimum Gasteiger partial charge on any atom is -0.337 e. The Morgan fingerprint density at radius 2 is 2.11 bits per heavy atom. The highest BCUT2D eigenvalue weighted by molar-refractivity contribution is 5.90. The highest BCUT2D eigenvalue weighted by Crippen LogP contribution is 2.33. The Bertz CT molecular complexity index is 1020. The first-order valence-corrected chi connectivity index (χ1v) is 9.25. The number of urea groups is 1. The summed E-state index contributed by atoms with van der Waals surface area (Å²) in [6.45, 7) is 4.59. The highest BCUT2D eigenvalue weighted by atomic mass is 19.1. The van der Waals surface area contributed by atoms with Gasteiger partial charge in [-0.05, 0) is 50.5 Å². The highest BCUT2D eigenvalue weighted by Gasteiger charge is 2.34. The van der Waals surface area contributed by atoms with Crippen LogP contribution in [0.1, 0.15) is 35.9 Å². The van der Waals surface area contributed by atoms with Gasteiger partial charge >= 0.3 is 6.03 Å². The number of nitrogens with one attached hydrogen (secondary N) is 1. The van der Waals surface area contributed by atoms with Crippen molar-refractivity contribution in [3.8, 4) is 11.4 Å². The summed E-state index contributed by atoms with van der Waals surface area (Å²) in [7, 11) is 0. The zero-order valence-corrected chi connectivity index (χ0v) is 15.8. The number of aryl methyl sites for hydroxylation is 2. The second-order valence-electron chi connectivity index (χ2n) is 7.07. The molecule has 0 aliphatic carbocycles. The van der Waals surface area contributed by atoms with E-state index in [4.69, 9.17) is 4.52 Å². The quantitative estimate of drug-likeness (QED) is 0.704. The topological polar surface area (TPSA) is 71.3 Å². The first-order valence-electron chi connectivity index (χ1n) is 9.25. The zero-order chi connectivity index (χ0) is 19.7. The Hall–Kier alpha value is -3.22. The second-order valence-corrected chi connectivity index (χ2v) is 7.07. The predicted octanol–water partition coefficient (Wildman–Crippen LogP) is 4.86. The maximum atomic E-state index is 13.4. The normalized spacial score (nSPS) is 16.4. The molecule has 1 fully saturated rings. The van der Waals surface area contributed by atoms with Crippen LogP contribution in [0, 0.1) is 19.7 Å². The number of carbonyl (C=O) groups excluding carboxylic acids is 1. The van der Waals surface area contributed by atoms with Gasteiger partial charge < -0.3 is 14.7 Å². The Kier molecular flexibility index (Phi) is 4.81. The Morgan fingerprint density at radius 1 is 1.25 bits per heavy atom. The van der Waals surface area contributed by atoms with Crippen LogP contribution < -0.4 is 5.32 Å². The molecular formula is C21H21FN4O2. The molecule has 144 valence electrons. The van der Waals surface area contributed by atoms with E-state index in [0.29, 0.717) is 23.8 Å². The van der Waals surface area contributed by atoms with Crippen LogP contribution in [-0.2, 0) is 0 Å². The number of halogens is 1. The van der Waals surface area contributed by atoms with Gasteiger partial charge in [-0.1, -0.05) is 35.0 Å². The van der Waals surface area contributed by atoms with Crippen molar-refractivity contribution >= 4 is 11.7 Å². The molecule has 2 aromatic carbocycles. The molecule has 0 spiro atoms. The number of nitrogens with zero attached hydrogens (tertiary/aromatic N) is 3. The lowest BCUT2D eigenvalue weighted by molar-refractivity contribution is 0.193. The Balaban J connectivity index is 1.53. The summed E-state index contributed by atoms with van der Waals surface area (Å²) < 4.78 is 18.9. The number of hydrogen-bond acceptors (Lipinski definition) is 4. The van der Waals surface area contributed by atoms with Gasteiger partial charge in [-0.25, -0.2) is 9.18 Å². The molecule has 2 amide bonds. The van der Waals surface area contributed by atoms with Crippen molar-refractivity contribution < 1.29 is 13.7 Å². The van der Waals surface area contributed by atoms with Gasteiger partial charge in [-0.2, -0.15) is 4.98 Å². The fourth-order valence-corrected chi connectivity index (χ4v) is 3.52. The van der Waals surface area contributed by atoms with Gasteiger partial charge in [0.15, 0.2) is 0 Å². The molecule has 2 heterocycles. The number of hydrogen-bond donors (Lipinski definition) is 1. The van der Waals surface area contributed by atoms with Gasteiger partial charge in [0.2, 0.25) is 11.7 Å². The summed E-state index contributed by atoms with van der Waals surface area (Å²) >= 11 is 0. The second kappa shape index (κ2) is 7.42. The van der Waals surface area contributed by atoms with Crippen molar-refractivity contribution in [3.05, 3.63) is 65.3 Å². The van der Waals surface area contributed by atoms with Crippen LogP contribution >= 0.6 is 0 Å². The summed E-state index contributed by atoms with van der Waals surface area (Å²) in [5.74, 6) is 0.322. The lowest BCUT2D eigenvalue weighted by Crippen LogP contribution is -2.34. The van der Waals surface area contributed by atoms with E-state index in [1.54, 1.807) is 17.0 Å². The number of benzene rings is 2. The van der Waals surface area contributed by atoms with E-state index in [9.17, 15) is 9.18 Å². The summed E-state index contributed by atoms with van der Waals surface area (Å²) in [6, 6.07) is 11.4. The standard InChI is InChI=1S/C21H21FN4O2/c1-13-8-9-17(14(2)11-13)23-21(27)26-10-4-7-18(26)20-24-19(25-28-20)15-5-3-6-16(22)12-15/h3,5-6,8-9,11-12,18H,4,7,10H2,1-2H3,(H,23,27)/t18-/m0/s1. The largest absolute Gasteiger partial charge is 0.337 e. The number of likely N-dealkylation sites (tertiary alicyclic amines) is 1. The minimum absolute atomic E-state index is 0.194. The van der Waals surface area contributed by atoms with Crippen LogP contribution in [0.5, 0.6) is 0 Å². The van der Waals surface area contributed by atoms with E-state index in [2.05, 4.69) is 15.5 Å². The fraction of sp³-hybridized carbons (Fsp3) is 0.286. The van der Waals surface area contributed by atoms with E-state index >= 15 is 0 Å². The molecule has 1 saturated heterocycles. The summed E-state index contributed by atoms with van der Waals surface area (Å²) in [6.07, 6.45) is 1.59. The molecule has 0 saturated carbocycles. The maximum Gasteiger partial charge on any atom is 0.322 e. The van der Waals surface area contributed by atoms with E-state index < -0.39 is 0 Å². The Labute approximate surface area is 162 Å². The molecule has 6 nitrogen and oxygen atoms in total. The monoisotopic (exact) mass is 380 g/mol. The number of carbonyl (C=O) groups is 1. The lowest BCUT2D eigenvalue weighted by atomic mass is 10.1. The van der Waals surface area contributed by atoms with Gasteiger partial charge in [0.1, 0.15) is 11.9 Å². The predicted molar refractivity (Wildman–Crippen MR) is 103 cm³/mol. The smallest absolute Gasteiger partial charge is 0.322 e. The summed E-state index contributed by atoms with van der Waals surface area (Å²) in [5, 5.41) is 6.94.